The summed E-state index contributed by atoms with van der Waals surface area (Å²) in [6, 6.07) is 5.53. The summed E-state index contributed by atoms with van der Waals surface area (Å²) in [6.45, 7) is 2.67. The van der Waals surface area contributed by atoms with E-state index < -0.39 is 15.9 Å². The fourth-order valence-electron chi connectivity index (χ4n) is 3.93. The lowest BCUT2D eigenvalue weighted by molar-refractivity contribution is -0.140. The monoisotopic (exact) mass is 384 g/mol. The van der Waals surface area contributed by atoms with Crippen LogP contribution in [0, 0.1) is 0 Å². The van der Waals surface area contributed by atoms with Crippen molar-refractivity contribution in [1.82, 2.24) is 9.80 Å². The van der Waals surface area contributed by atoms with Gasteiger partial charge in [0.2, 0.25) is 0 Å². The summed E-state index contributed by atoms with van der Waals surface area (Å²) in [4.78, 5) is 16.8. The molecule has 25 heavy (non-hydrogen) atoms. The number of rotatable bonds is 2. The summed E-state index contributed by atoms with van der Waals surface area (Å²) < 4.78 is 29.1. The normalized spacial score (nSPS) is 28.6. The summed E-state index contributed by atoms with van der Waals surface area (Å²) in [5.41, 5.74) is 0.973. The van der Waals surface area contributed by atoms with Crippen molar-refractivity contribution >= 4 is 27.3 Å². The molecule has 6 nitrogen and oxygen atoms in total. The molecule has 3 heterocycles. The van der Waals surface area contributed by atoms with Crippen LogP contribution in [0.5, 0.6) is 5.75 Å². The molecule has 0 saturated carbocycles. The predicted octanol–water partition coefficient (Wildman–Crippen LogP) is 0.975. The Morgan fingerprint density at radius 1 is 1.20 bits per heavy atom. The summed E-state index contributed by atoms with van der Waals surface area (Å²) in [6.07, 6.45) is 0.778. The maximum absolute atomic E-state index is 12.7. The largest absolute Gasteiger partial charge is 0.480 e. The van der Waals surface area contributed by atoms with E-state index in [1.807, 2.05) is 17.0 Å². The van der Waals surface area contributed by atoms with Crippen molar-refractivity contribution in [2.24, 2.45) is 0 Å². The van der Waals surface area contributed by atoms with Gasteiger partial charge in [-0.25, -0.2) is 8.42 Å². The molecule has 2 fully saturated rings. The Labute approximate surface area is 152 Å². The number of amides is 1. The SMILES string of the molecule is O=C([C@@H]1Cc2cc(Cl)ccc2O1)N1CCN([C@H]2CCS(=O)(=O)C2)CC1. The minimum absolute atomic E-state index is 0.00557. The molecule has 3 aliphatic rings. The zero-order chi connectivity index (χ0) is 17.6. The minimum atomic E-state index is -2.87. The molecule has 0 radical (unpaired) electrons. The van der Waals surface area contributed by atoms with E-state index in [4.69, 9.17) is 16.3 Å². The third-order valence-corrected chi connectivity index (χ3v) is 7.31. The number of ether oxygens (including phenoxy) is 1. The Balaban J connectivity index is 1.33. The smallest absolute Gasteiger partial charge is 0.264 e. The van der Waals surface area contributed by atoms with Crippen LogP contribution in [0.4, 0.5) is 0 Å². The molecule has 4 rings (SSSR count). The van der Waals surface area contributed by atoms with Gasteiger partial charge in [-0.3, -0.25) is 9.69 Å². The number of hydrogen-bond donors (Lipinski definition) is 0. The molecule has 1 aromatic rings. The second-order valence-electron chi connectivity index (χ2n) is 6.98. The molecule has 0 aromatic heterocycles. The van der Waals surface area contributed by atoms with Crippen LogP contribution < -0.4 is 4.74 Å². The molecule has 0 N–H and O–H groups in total. The number of carbonyl (C=O) groups is 1. The van der Waals surface area contributed by atoms with Gasteiger partial charge >= 0.3 is 0 Å². The Bertz CT molecular complexity index is 790. The summed E-state index contributed by atoms with van der Waals surface area (Å²) >= 11 is 6.00. The van der Waals surface area contributed by atoms with E-state index in [0.717, 1.165) is 24.4 Å². The van der Waals surface area contributed by atoms with Gasteiger partial charge < -0.3 is 9.64 Å². The van der Waals surface area contributed by atoms with Crippen LogP contribution in [-0.4, -0.2) is 74.0 Å². The van der Waals surface area contributed by atoms with Crippen LogP contribution in [0.25, 0.3) is 0 Å². The van der Waals surface area contributed by atoms with E-state index in [-0.39, 0.29) is 23.5 Å². The van der Waals surface area contributed by atoms with E-state index >= 15 is 0 Å². The molecule has 2 atom stereocenters. The van der Waals surface area contributed by atoms with Crippen LogP contribution in [0.3, 0.4) is 0 Å². The first kappa shape index (κ1) is 17.1. The molecule has 0 bridgehead atoms. The van der Waals surface area contributed by atoms with Gasteiger partial charge in [-0.2, -0.15) is 0 Å². The first-order valence-corrected chi connectivity index (χ1v) is 10.8. The molecular weight excluding hydrogens is 364 g/mol. The lowest BCUT2D eigenvalue weighted by Gasteiger charge is -2.38. The van der Waals surface area contributed by atoms with Gasteiger partial charge in [-0.05, 0) is 30.2 Å². The van der Waals surface area contributed by atoms with Gasteiger partial charge in [0.1, 0.15) is 5.75 Å². The first-order valence-electron chi connectivity index (χ1n) is 8.60. The molecule has 0 unspecified atom stereocenters. The highest BCUT2D eigenvalue weighted by molar-refractivity contribution is 7.91. The van der Waals surface area contributed by atoms with E-state index in [2.05, 4.69) is 4.90 Å². The lowest BCUT2D eigenvalue weighted by atomic mass is 10.1. The highest BCUT2D eigenvalue weighted by atomic mass is 35.5. The fourth-order valence-corrected chi connectivity index (χ4v) is 5.89. The third kappa shape index (κ3) is 3.50. The van der Waals surface area contributed by atoms with Crippen LogP contribution in [0.1, 0.15) is 12.0 Å². The van der Waals surface area contributed by atoms with Crippen LogP contribution in [-0.2, 0) is 21.1 Å². The van der Waals surface area contributed by atoms with E-state index in [1.54, 1.807) is 6.07 Å². The first-order chi connectivity index (χ1) is 11.9. The van der Waals surface area contributed by atoms with Crippen molar-refractivity contribution in [3.8, 4) is 5.75 Å². The molecular formula is C17H21ClN2O4S. The number of benzene rings is 1. The molecule has 0 aliphatic carbocycles. The predicted molar refractivity (Wildman–Crippen MR) is 94.8 cm³/mol. The lowest BCUT2D eigenvalue weighted by Crippen LogP contribution is -2.54. The molecule has 1 aromatic carbocycles. The van der Waals surface area contributed by atoms with Crippen LogP contribution in [0.15, 0.2) is 18.2 Å². The van der Waals surface area contributed by atoms with Gasteiger partial charge in [-0.15, -0.1) is 0 Å². The summed E-state index contributed by atoms with van der Waals surface area (Å²) in [5.74, 6) is 1.28. The highest BCUT2D eigenvalue weighted by Crippen LogP contribution is 2.32. The number of fused-ring (bicyclic) bond motifs is 1. The van der Waals surface area contributed by atoms with Crippen molar-refractivity contribution < 1.29 is 17.9 Å². The molecule has 136 valence electrons. The van der Waals surface area contributed by atoms with Crippen LogP contribution in [0.2, 0.25) is 5.02 Å². The highest BCUT2D eigenvalue weighted by Gasteiger charge is 2.37. The summed E-state index contributed by atoms with van der Waals surface area (Å²) in [7, 11) is -2.87. The van der Waals surface area contributed by atoms with Crippen molar-refractivity contribution in [3.63, 3.8) is 0 Å². The van der Waals surface area contributed by atoms with E-state index in [1.165, 1.54) is 0 Å². The number of nitrogens with zero attached hydrogens (tertiary/aromatic N) is 2. The molecule has 1 amide bonds. The van der Waals surface area contributed by atoms with Crippen molar-refractivity contribution in [2.75, 3.05) is 37.7 Å². The fraction of sp³-hybridized carbons (Fsp3) is 0.588. The molecule has 0 spiro atoms. The number of halogens is 1. The topological polar surface area (TPSA) is 66.9 Å². The zero-order valence-corrected chi connectivity index (χ0v) is 15.4. The standard InChI is InChI=1S/C17H21ClN2O4S/c18-13-1-2-15-12(9-13)10-16(24-15)17(21)20-6-4-19(5-7-20)14-3-8-25(22,23)11-14/h1-2,9,14,16H,3-8,10-11H2/t14-,16-/m0/s1. The van der Waals surface area contributed by atoms with Crippen LogP contribution >= 0.6 is 11.6 Å². The average Bonchev–Trinajstić information content (AvgIpc) is 3.17. The van der Waals surface area contributed by atoms with Gasteiger partial charge in [-0.1, -0.05) is 11.6 Å². The Kier molecular flexibility index (Phi) is 4.42. The summed E-state index contributed by atoms with van der Waals surface area (Å²) in [5, 5.41) is 0.649. The Morgan fingerprint density at radius 3 is 2.64 bits per heavy atom. The van der Waals surface area contributed by atoms with Crippen molar-refractivity contribution in [1.29, 1.82) is 0 Å². The molecule has 3 aliphatic heterocycles. The molecule has 2 saturated heterocycles. The number of sulfone groups is 1. The van der Waals surface area contributed by atoms with Crippen molar-refractivity contribution in [3.05, 3.63) is 28.8 Å². The van der Waals surface area contributed by atoms with Gasteiger partial charge in [0.05, 0.1) is 11.5 Å². The van der Waals surface area contributed by atoms with E-state index in [9.17, 15) is 13.2 Å². The number of hydrogen-bond acceptors (Lipinski definition) is 5. The van der Waals surface area contributed by atoms with Crippen molar-refractivity contribution in [2.45, 2.75) is 25.0 Å². The van der Waals surface area contributed by atoms with E-state index in [0.29, 0.717) is 31.0 Å². The van der Waals surface area contributed by atoms with Gasteiger partial charge in [0, 0.05) is 43.7 Å². The van der Waals surface area contributed by atoms with Gasteiger partial charge in [0.25, 0.3) is 5.91 Å². The maximum atomic E-state index is 12.7. The minimum Gasteiger partial charge on any atom is -0.480 e. The maximum Gasteiger partial charge on any atom is 0.264 e. The number of carbonyl (C=O) groups excluding carboxylic acids is 1. The third-order valence-electron chi connectivity index (χ3n) is 5.32. The number of piperazine rings is 1. The van der Waals surface area contributed by atoms with Gasteiger partial charge in [0.15, 0.2) is 15.9 Å². The quantitative estimate of drug-likeness (QED) is 0.760. The molecule has 8 heteroatoms. The second-order valence-corrected chi connectivity index (χ2v) is 9.65. The average molecular weight is 385 g/mol. The Morgan fingerprint density at radius 2 is 1.96 bits per heavy atom. The Hall–Kier alpha value is -1.31. The second kappa shape index (κ2) is 6.45. The zero-order valence-electron chi connectivity index (χ0n) is 13.9.